The lowest BCUT2D eigenvalue weighted by atomic mass is 10.1. The van der Waals surface area contributed by atoms with E-state index in [1.165, 1.54) is 6.07 Å². The van der Waals surface area contributed by atoms with Crippen LogP contribution in [0, 0.1) is 5.82 Å². The highest BCUT2D eigenvalue weighted by Crippen LogP contribution is 2.13. The van der Waals surface area contributed by atoms with E-state index >= 15 is 0 Å². The van der Waals surface area contributed by atoms with Gasteiger partial charge in [-0.25, -0.2) is 4.39 Å². The Labute approximate surface area is 96.5 Å². The predicted molar refractivity (Wildman–Crippen MR) is 63.8 cm³/mol. The lowest BCUT2D eigenvalue weighted by Crippen LogP contribution is -2.19. The van der Waals surface area contributed by atoms with Crippen LogP contribution in [0.15, 0.2) is 24.3 Å². The molecular weight excluding hydrogens is 205 g/mol. The summed E-state index contributed by atoms with van der Waals surface area (Å²) in [6.07, 6.45) is 2.93. The molecule has 3 heteroatoms. The molecule has 0 fully saturated rings. The van der Waals surface area contributed by atoms with Crippen molar-refractivity contribution in [1.29, 1.82) is 0 Å². The first-order valence-corrected chi connectivity index (χ1v) is 5.83. The number of rotatable bonds is 7. The second kappa shape index (κ2) is 7.36. The van der Waals surface area contributed by atoms with E-state index in [2.05, 4.69) is 5.32 Å². The van der Waals surface area contributed by atoms with Crippen molar-refractivity contribution in [3.63, 3.8) is 0 Å². The van der Waals surface area contributed by atoms with Gasteiger partial charge in [-0.3, -0.25) is 0 Å². The third kappa shape index (κ3) is 4.73. The summed E-state index contributed by atoms with van der Waals surface area (Å²) in [6.45, 7) is 3.19. The number of unbranched alkanes of at least 4 members (excludes halogenated alkanes) is 2. The van der Waals surface area contributed by atoms with Crippen LogP contribution in [0.5, 0.6) is 0 Å². The summed E-state index contributed by atoms with van der Waals surface area (Å²) < 4.78 is 13.0. The van der Waals surface area contributed by atoms with Gasteiger partial charge >= 0.3 is 0 Å². The Morgan fingerprint density at radius 1 is 1.31 bits per heavy atom. The van der Waals surface area contributed by atoms with Crippen molar-refractivity contribution in [1.82, 2.24) is 5.32 Å². The molecule has 1 rings (SSSR count). The van der Waals surface area contributed by atoms with E-state index in [1.54, 1.807) is 12.1 Å². The second-order valence-corrected chi connectivity index (χ2v) is 4.02. The van der Waals surface area contributed by atoms with Crippen molar-refractivity contribution in [2.75, 3.05) is 13.2 Å². The van der Waals surface area contributed by atoms with Gasteiger partial charge in [0.1, 0.15) is 5.82 Å². The summed E-state index contributed by atoms with van der Waals surface area (Å²) in [7, 11) is 0. The molecule has 0 spiro atoms. The van der Waals surface area contributed by atoms with E-state index in [4.69, 9.17) is 5.11 Å². The maximum absolute atomic E-state index is 13.0. The molecule has 0 heterocycles. The van der Waals surface area contributed by atoms with Crippen LogP contribution in [0.4, 0.5) is 4.39 Å². The van der Waals surface area contributed by atoms with Gasteiger partial charge in [0.25, 0.3) is 0 Å². The molecule has 1 aromatic carbocycles. The molecule has 0 saturated carbocycles. The summed E-state index contributed by atoms with van der Waals surface area (Å²) in [5, 5.41) is 12.0. The van der Waals surface area contributed by atoms with Crippen molar-refractivity contribution in [2.24, 2.45) is 0 Å². The van der Waals surface area contributed by atoms with Crippen LogP contribution < -0.4 is 5.32 Å². The molecule has 0 bridgehead atoms. The normalized spacial score (nSPS) is 12.7. The molecule has 0 aliphatic rings. The smallest absolute Gasteiger partial charge is 0.123 e. The minimum atomic E-state index is -0.188. The molecule has 0 aliphatic heterocycles. The summed E-state index contributed by atoms with van der Waals surface area (Å²) in [4.78, 5) is 0. The van der Waals surface area contributed by atoms with Gasteiger partial charge in [0.05, 0.1) is 0 Å². The topological polar surface area (TPSA) is 32.3 Å². The fourth-order valence-corrected chi connectivity index (χ4v) is 1.63. The largest absolute Gasteiger partial charge is 0.396 e. The molecule has 0 aromatic heterocycles. The van der Waals surface area contributed by atoms with E-state index in [9.17, 15) is 4.39 Å². The Morgan fingerprint density at radius 2 is 2.12 bits per heavy atom. The average molecular weight is 225 g/mol. The fraction of sp³-hybridized carbons (Fsp3) is 0.538. The molecule has 2 N–H and O–H groups in total. The van der Waals surface area contributed by atoms with Gasteiger partial charge in [0.15, 0.2) is 0 Å². The van der Waals surface area contributed by atoms with E-state index in [1.807, 2.05) is 13.0 Å². The molecule has 0 amide bonds. The predicted octanol–water partition coefficient (Wildman–Crippen LogP) is 2.64. The summed E-state index contributed by atoms with van der Waals surface area (Å²) in [5.41, 5.74) is 0.974. The van der Waals surface area contributed by atoms with Gasteiger partial charge < -0.3 is 10.4 Å². The zero-order valence-corrected chi connectivity index (χ0v) is 9.75. The molecule has 90 valence electrons. The SMILES string of the molecule is C[C@H](NCCCCCO)c1cccc(F)c1. The van der Waals surface area contributed by atoms with Gasteiger partial charge in [0, 0.05) is 12.6 Å². The highest BCUT2D eigenvalue weighted by molar-refractivity contribution is 5.19. The third-order valence-electron chi connectivity index (χ3n) is 2.63. The first-order chi connectivity index (χ1) is 7.74. The summed E-state index contributed by atoms with van der Waals surface area (Å²) in [6, 6.07) is 6.84. The number of aliphatic hydroxyl groups is 1. The first-order valence-electron chi connectivity index (χ1n) is 5.83. The number of hydrogen-bond donors (Lipinski definition) is 2. The minimum Gasteiger partial charge on any atom is -0.396 e. The molecule has 0 saturated heterocycles. The highest BCUT2D eigenvalue weighted by Gasteiger charge is 2.04. The number of hydrogen-bond acceptors (Lipinski definition) is 2. The van der Waals surface area contributed by atoms with Crippen LogP contribution in [0.25, 0.3) is 0 Å². The number of aliphatic hydroxyl groups excluding tert-OH is 1. The minimum absolute atomic E-state index is 0.171. The van der Waals surface area contributed by atoms with E-state index in [0.29, 0.717) is 0 Å². The van der Waals surface area contributed by atoms with Crippen LogP contribution >= 0.6 is 0 Å². The van der Waals surface area contributed by atoms with Crippen molar-refractivity contribution in [2.45, 2.75) is 32.2 Å². The Morgan fingerprint density at radius 3 is 2.81 bits per heavy atom. The van der Waals surface area contributed by atoms with Crippen LogP contribution in [0.2, 0.25) is 0 Å². The monoisotopic (exact) mass is 225 g/mol. The van der Waals surface area contributed by atoms with Crippen LogP contribution in [-0.2, 0) is 0 Å². The Bertz CT molecular complexity index is 304. The zero-order chi connectivity index (χ0) is 11.8. The van der Waals surface area contributed by atoms with Gasteiger partial charge in [-0.1, -0.05) is 12.1 Å². The van der Waals surface area contributed by atoms with Gasteiger partial charge in [-0.15, -0.1) is 0 Å². The second-order valence-electron chi connectivity index (χ2n) is 4.02. The Balaban J connectivity index is 2.27. The van der Waals surface area contributed by atoms with Crippen molar-refractivity contribution in [3.8, 4) is 0 Å². The van der Waals surface area contributed by atoms with Crippen LogP contribution in [0.3, 0.4) is 0 Å². The van der Waals surface area contributed by atoms with Crippen LogP contribution in [0.1, 0.15) is 37.8 Å². The summed E-state index contributed by atoms with van der Waals surface area (Å²) >= 11 is 0. The zero-order valence-electron chi connectivity index (χ0n) is 9.75. The lowest BCUT2D eigenvalue weighted by molar-refractivity contribution is 0.282. The summed E-state index contributed by atoms with van der Waals surface area (Å²) in [5.74, 6) is -0.188. The van der Waals surface area contributed by atoms with Crippen molar-refractivity contribution >= 4 is 0 Å². The maximum atomic E-state index is 13.0. The Hall–Kier alpha value is -0.930. The highest BCUT2D eigenvalue weighted by atomic mass is 19.1. The Kier molecular flexibility index (Phi) is 6.04. The third-order valence-corrected chi connectivity index (χ3v) is 2.63. The van der Waals surface area contributed by atoms with Gasteiger partial charge in [-0.05, 0) is 50.4 Å². The number of nitrogens with one attached hydrogen (secondary N) is 1. The molecule has 1 atom stereocenters. The van der Waals surface area contributed by atoms with Crippen LogP contribution in [-0.4, -0.2) is 18.3 Å². The number of halogens is 1. The van der Waals surface area contributed by atoms with E-state index < -0.39 is 0 Å². The molecule has 0 radical (unpaired) electrons. The van der Waals surface area contributed by atoms with E-state index in [-0.39, 0.29) is 18.5 Å². The van der Waals surface area contributed by atoms with E-state index in [0.717, 1.165) is 31.4 Å². The van der Waals surface area contributed by atoms with Gasteiger partial charge in [0.2, 0.25) is 0 Å². The standard InChI is InChI=1S/C13H20FNO/c1-11(15-8-3-2-4-9-16)12-6-5-7-13(14)10-12/h5-7,10-11,15-16H,2-4,8-9H2,1H3/t11-/m0/s1. The molecular formula is C13H20FNO. The molecule has 16 heavy (non-hydrogen) atoms. The van der Waals surface area contributed by atoms with Gasteiger partial charge in [-0.2, -0.15) is 0 Å². The first kappa shape index (κ1) is 13.1. The average Bonchev–Trinajstić information content (AvgIpc) is 2.28. The van der Waals surface area contributed by atoms with Crippen molar-refractivity contribution < 1.29 is 9.50 Å². The molecule has 2 nitrogen and oxygen atoms in total. The quantitative estimate of drug-likeness (QED) is 0.699. The number of benzene rings is 1. The van der Waals surface area contributed by atoms with Crippen molar-refractivity contribution in [3.05, 3.63) is 35.6 Å². The molecule has 0 unspecified atom stereocenters. The fourth-order valence-electron chi connectivity index (χ4n) is 1.63. The lowest BCUT2D eigenvalue weighted by Gasteiger charge is -2.14. The molecule has 0 aliphatic carbocycles. The molecule has 1 aromatic rings. The maximum Gasteiger partial charge on any atom is 0.123 e.